The molecule has 146 valence electrons. The van der Waals surface area contributed by atoms with Crippen LogP contribution in [0.3, 0.4) is 0 Å². The van der Waals surface area contributed by atoms with Gasteiger partial charge in [0.25, 0.3) is 0 Å². The molecule has 0 spiro atoms. The number of para-hydroxylation sites is 2. The first kappa shape index (κ1) is 17.8. The van der Waals surface area contributed by atoms with E-state index in [1.807, 2.05) is 48.7 Å². The number of hydrazone groups is 1. The Bertz CT molecular complexity index is 1100. The number of rotatable bonds is 5. The van der Waals surface area contributed by atoms with Crippen LogP contribution in [0.4, 0.5) is 11.1 Å². The van der Waals surface area contributed by atoms with Crippen molar-refractivity contribution in [1.82, 2.24) is 15.0 Å². The van der Waals surface area contributed by atoms with Crippen molar-refractivity contribution in [3.8, 4) is 11.3 Å². The van der Waals surface area contributed by atoms with Crippen LogP contribution in [0, 0.1) is 0 Å². The highest BCUT2D eigenvalue weighted by Crippen LogP contribution is 2.32. The van der Waals surface area contributed by atoms with Crippen LogP contribution in [0.25, 0.3) is 22.3 Å². The third-order valence-electron chi connectivity index (χ3n) is 4.71. The van der Waals surface area contributed by atoms with Gasteiger partial charge in [-0.05, 0) is 12.1 Å². The summed E-state index contributed by atoms with van der Waals surface area (Å²) >= 11 is 1.64. The number of morpholine rings is 1. The highest BCUT2D eigenvalue weighted by molar-refractivity contribution is 7.17. The number of aromatic nitrogens is 3. The average molecular weight is 404 g/mol. The van der Waals surface area contributed by atoms with E-state index in [2.05, 4.69) is 37.5 Å². The van der Waals surface area contributed by atoms with Gasteiger partial charge in [0.05, 0.1) is 41.0 Å². The second kappa shape index (κ2) is 8.02. The van der Waals surface area contributed by atoms with Gasteiger partial charge >= 0.3 is 0 Å². The van der Waals surface area contributed by atoms with Gasteiger partial charge in [0.2, 0.25) is 5.95 Å². The Balaban J connectivity index is 1.42. The lowest BCUT2D eigenvalue weighted by Crippen LogP contribution is -2.36. The van der Waals surface area contributed by atoms with Crippen molar-refractivity contribution in [3.05, 3.63) is 59.5 Å². The number of H-pyrrole nitrogens is 1. The average Bonchev–Trinajstić information content (AvgIpc) is 3.39. The van der Waals surface area contributed by atoms with Crippen molar-refractivity contribution < 1.29 is 4.74 Å². The van der Waals surface area contributed by atoms with Crippen molar-refractivity contribution in [2.24, 2.45) is 5.10 Å². The van der Waals surface area contributed by atoms with E-state index in [-0.39, 0.29) is 0 Å². The largest absolute Gasteiger partial charge is 0.378 e. The minimum absolute atomic E-state index is 0.613. The van der Waals surface area contributed by atoms with Gasteiger partial charge in [-0.1, -0.05) is 53.8 Å². The van der Waals surface area contributed by atoms with E-state index in [1.165, 1.54) is 0 Å². The zero-order chi connectivity index (χ0) is 19.5. The number of ether oxygens (including phenoxy) is 1. The molecule has 3 heterocycles. The summed E-state index contributed by atoms with van der Waals surface area (Å²) in [4.78, 5) is 15.9. The Morgan fingerprint density at radius 3 is 2.66 bits per heavy atom. The fourth-order valence-corrected chi connectivity index (χ4v) is 4.27. The predicted octanol–water partition coefficient (Wildman–Crippen LogP) is 3.97. The summed E-state index contributed by atoms with van der Waals surface area (Å²) < 4.78 is 5.47. The Kier molecular flexibility index (Phi) is 4.93. The number of benzene rings is 2. The first-order chi connectivity index (χ1) is 14.4. The lowest BCUT2D eigenvalue weighted by atomic mass is 10.1. The van der Waals surface area contributed by atoms with Crippen LogP contribution in [0.1, 0.15) is 4.88 Å². The lowest BCUT2D eigenvalue weighted by Gasteiger charge is -2.26. The SMILES string of the molecule is C(=N/Nc1nc2ccccc2[nH]1)/c1sc(N2CCOCC2)nc1-c1ccccc1. The number of nitrogens with zero attached hydrogens (tertiary/aromatic N) is 4. The van der Waals surface area contributed by atoms with Crippen LogP contribution in [-0.2, 0) is 4.74 Å². The Labute approximate surface area is 172 Å². The second-order valence-corrected chi connectivity index (χ2v) is 7.66. The number of fused-ring (bicyclic) bond motifs is 1. The summed E-state index contributed by atoms with van der Waals surface area (Å²) in [5.41, 5.74) is 6.89. The van der Waals surface area contributed by atoms with Crippen molar-refractivity contribution in [1.29, 1.82) is 0 Å². The third kappa shape index (κ3) is 3.85. The van der Waals surface area contributed by atoms with Gasteiger partial charge in [-0.2, -0.15) is 5.10 Å². The minimum atomic E-state index is 0.613. The molecular formula is C21H20N6OS. The van der Waals surface area contributed by atoms with Gasteiger partial charge in [0, 0.05) is 18.7 Å². The Morgan fingerprint density at radius 2 is 1.83 bits per heavy atom. The smallest absolute Gasteiger partial charge is 0.222 e. The molecule has 2 aromatic carbocycles. The van der Waals surface area contributed by atoms with Crippen LogP contribution in [0.5, 0.6) is 0 Å². The van der Waals surface area contributed by atoms with Crippen molar-refractivity contribution in [3.63, 3.8) is 0 Å². The van der Waals surface area contributed by atoms with Gasteiger partial charge in [-0.15, -0.1) is 0 Å². The van der Waals surface area contributed by atoms with E-state index in [4.69, 9.17) is 9.72 Å². The first-order valence-corrected chi connectivity index (χ1v) is 10.3. The van der Waals surface area contributed by atoms with Crippen LogP contribution < -0.4 is 10.3 Å². The summed E-state index contributed by atoms with van der Waals surface area (Å²) in [6, 6.07) is 18.1. The highest BCUT2D eigenvalue weighted by Gasteiger charge is 2.18. The maximum atomic E-state index is 5.47. The fourth-order valence-electron chi connectivity index (χ4n) is 3.26. The van der Waals surface area contributed by atoms with E-state index in [1.54, 1.807) is 11.3 Å². The van der Waals surface area contributed by atoms with Crippen LogP contribution in [-0.4, -0.2) is 47.5 Å². The van der Waals surface area contributed by atoms with Crippen LogP contribution >= 0.6 is 11.3 Å². The molecule has 7 nitrogen and oxygen atoms in total. The molecular weight excluding hydrogens is 384 g/mol. The number of aromatic amines is 1. The third-order valence-corrected chi connectivity index (χ3v) is 5.76. The van der Waals surface area contributed by atoms with Gasteiger partial charge < -0.3 is 14.6 Å². The molecule has 2 aromatic heterocycles. The molecule has 29 heavy (non-hydrogen) atoms. The van der Waals surface area contributed by atoms with Gasteiger partial charge in [-0.3, -0.25) is 0 Å². The molecule has 0 unspecified atom stereocenters. The summed E-state index contributed by atoms with van der Waals surface area (Å²) in [7, 11) is 0. The van der Waals surface area contributed by atoms with Crippen molar-refractivity contribution in [2.45, 2.75) is 0 Å². The first-order valence-electron chi connectivity index (χ1n) is 9.49. The number of nitrogens with one attached hydrogen (secondary N) is 2. The van der Waals surface area contributed by atoms with E-state index in [9.17, 15) is 0 Å². The van der Waals surface area contributed by atoms with E-state index < -0.39 is 0 Å². The number of hydrogen-bond acceptors (Lipinski definition) is 7. The molecule has 0 amide bonds. The molecule has 2 N–H and O–H groups in total. The molecule has 1 aliphatic heterocycles. The zero-order valence-electron chi connectivity index (χ0n) is 15.7. The monoisotopic (exact) mass is 404 g/mol. The quantitative estimate of drug-likeness (QED) is 0.389. The number of hydrogen-bond donors (Lipinski definition) is 2. The summed E-state index contributed by atoms with van der Waals surface area (Å²) in [5, 5.41) is 5.41. The zero-order valence-corrected chi connectivity index (χ0v) is 16.5. The lowest BCUT2D eigenvalue weighted by molar-refractivity contribution is 0.122. The maximum Gasteiger partial charge on any atom is 0.222 e. The minimum Gasteiger partial charge on any atom is -0.378 e. The molecule has 4 aromatic rings. The van der Waals surface area contributed by atoms with Gasteiger partial charge in [0.15, 0.2) is 5.13 Å². The fraction of sp³-hybridized carbons (Fsp3) is 0.190. The van der Waals surface area contributed by atoms with Crippen molar-refractivity contribution in [2.75, 3.05) is 36.6 Å². The van der Waals surface area contributed by atoms with Crippen LogP contribution in [0.2, 0.25) is 0 Å². The topological polar surface area (TPSA) is 78.4 Å². The molecule has 0 atom stereocenters. The maximum absolute atomic E-state index is 5.47. The second-order valence-electron chi connectivity index (χ2n) is 6.65. The molecule has 0 saturated carbocycles. The molecule has 0 radical (unpaired) electrons. The highest BCUT2D eigenvalue weighted by atomic mass is 32.1. The van der Waals surface area contributed by atoms with Gasteiger partial charge in [0.1, 0.15) is 0 Å². The number of anilines is 2. The molecule has 1 aliphatic rings. The molecule has 1 fully saturated rings. The van der Waals surface area contributed by atoms with E-state index >= 15 is 0 Å². The summed E-state index contributed by atoms with van der Waals surface area (Å²) in [5.74, 6) is 0.613. The molecule has 5 rings (SSSR count). The van der Waals surface area contributed by atoms with Gasteiger partial charge in [-0.25, -0.2) is 15.4 Å². The summed E-state index contributed by atoms with van der Waals surface area (Å²) in [6.07, 6.45) is 1.82. The molecule has 0 bridgehead atoms. The van der Waals surface area contributed by atoms with E-state index in [0.29, 0.717) is 5.95 Å². The predicted molar refractivity (Wildman–Crippen MR) is 118 cm³/mol. The Hall–Kier alpha value is -3.23. The number of imidazole rings is 1. The Morgan fingerprint density at radius 1 is 1.03 bits per heavy atom. The number of thiazole rings is 1. The van der Waals surface area contributed by atoms with Crippen LogP contribution in [0.15, 0.2) is 59.7 Å². The normalized spacial score (nSPS) is 14.7. The van der Waals surface area contributed by atoms with E-state index in [0.717, 1.165) is 58.6 Å². The molecule has 1 saturated heterocycles. The molecule has 0 aliphatic carbocycles. The van der Waals surface area contributed by atoms with Crippen molar-refractivity contribution >= 4 is 39.7 Å². The summed E-state index contributed by atoms with van der Waals surface area (Å²) in [6.45, 7) is 3.18. The molecule has 8 heteroatoms. The standard InChI is InChI=1S/C21H20N6OS/c1-2-6-15(7-3-1)19-18(29-21(25-19)27-10-12-28-13-11-27)14-22-26-20-23-16-8-4-5-9-17(16)24-20/h1-9,14H,10-13H2,(H2,23,24,26)/b22-14-.